The minimum Gasteiger partial charge on any atom is -0.444 e. The molecular formula is C12H18BrNO2. The SMILES string of the molecule is CC(C)(C)OC(=O)N1C[C@@H]2C(/C=C\Br)[C@@H]2C1. The third-order valence-electron chi connectivity index (χ3n) is 3.21. The van der Waals surface area contributed by atoms with E-state index in [0.29, 0.717) is 17.8 Å². The van der Waals surface area contributed by atoms with E-state index in [1.165, 1.54) is 0 Å². The van der Waals surface area contributed by atoms with Crippen molar-refractivity contribution in [1.82, 2.24) is 4.90 Å². The van der Waals surface area contributed by atoms with Crippen molar-refractivity contribution in [2.75, 3.05) is 13.1 Å². The lowest BCUT2D eigenvalue weighted by Crippen LogP contribution is -2.36. The number of likely N-dealkylation sites (tertiary alicyclic amines) is 1. The van der Waals surface area contributed by atoms with Gasteiger partial charge in [0.05, 0.1) is 0 Å². The Labute approximate surface area is 105 Å². The maximum absolute atomic E-state index is 11.8. The normalized spacial score (nSPS) is 33.0. The Hall–Kier alpha value is -0.510. The Balaban J connectivity index is 1.82. The Morgan fingerprint density at radius 3 is 2.38 bits per heavy atom. The molecule has 1 saturated heterocycles. The summed E-state index contributed by atoms with van der Waals surface area (Å²) < 4.78 is 5.35. The second-order valence-corrected chi connectivity index (χ2v) is 6.14. The van der Waals surface area contributed by atoms with Crippen molar-refractivity contribution in [3.8, 4) is 0 Å². The number of ether oxygens (including phenoxy) is 1. The molecule has 2 fully saturated rings. The van der Waals surface area contributed by atoms with Gasteiger partial charge < -0.3 is 9.64 Å². The zero-order chi connectivity index (χ0) is 11.9. The molecule has 16 heavy (non-hydrogen) atoms. The Morgan fingerprint density at radius 1 is 1.38 bits per heavy atom. The molecule has 2 aliphatic rings. The van der Waals surface area contributed by atoms with Crippen LogP contribution in [-0.4, -0.2) is 29.7 Å². The molecule has 1 amide bonds. The van der Waals surface area contributed by atoms with Gasteiger partial charge in [0, 0.05) is 13.1 Å². The van der Waals surface area contributed by atoms with Crippen LogP contribution in [-0.2, 0) is 4.74 Å². The number of fused-ring (bicyclic) bond motifs is 1. The first kappa shape index (κ1) is 12.0. The third-order valence-corrected chi connectivity index (χ3v) is 3.51. The van der Waals surface area contributed by atoms with Crippen LogP contribution in [0.4, 0.5) is 4.79 Å². The topological polar surface area (TPSA) is 29.5 Å². The summed E-state index contributed by atoms with van der Waals surface area (Å²) in [6.45, 7) is 7.40. The number of piperidine rings is 1. The molecule has 1 aliphatic heterocycles. The predicted molar refractivity (Wildman–Crippen MR) is 66.3 cm³/mol. The summed E-state index contributed by atoms with van der Waals surface area (Å²) in [5, 5.41) is 0. The van der Waals surface area contributed by atoms with E-state index in [1.807, 2.05) is 30.7 Å². The fourth-order valence-electron chi connectivity index (χ4n) is 2.42. The van der Waals surface area contributed by atoms with Crippen molar-refractivity contribution in [2.45, 2.75) is 26.4 Å². The smallest absolute Gasteiger partial charge is 0.410 e. The van der Waals surface area contributed by atoms with Gasteiger partial charge in [-0.25, -0.2) is 4.79 Å². The highest BCUT2D eigenvalue weighted by Crippen LogP contribution is 2.52. The molecule has 0 spiro atoms. The van der Waals surface area contributed by atoms with Crippen LogP contribution in [0.3, 0.4) is 0 Å². The standard InChI is InChI=1S/C12H18BrNO2/c1-12(2,3)16-11(15)14-6-9-8(4-5-13)10(9)7-14/h4-5,8-10H,6-7H2,1-3H3/b5-4-/t8?,9-,10+. The summed E-state index contributed by atoms with van der Waals surface area (Å²) in [5.41, 5.74) is -0.390. The number of hydrogen-bond acceptors (Lipinski definition) is 2. The molecule has 1 unspecified atom stereocenters. The van der Waals surface area contributed by atoms with Gasteiger partial charge in [0.15, 0.2) is 0 Å². The van der Waals surface area contributed by atoms with E-state index in [1.54, 1.807) is 0 Å². The number of allylic oxidation sites excluding steroid dienone is 1. The molecule has 0 aromatic heterocycles. The van der Waals surface area contributed by atoms with Crippen LogP contribution in [0.5, 0.6) is 0 Å². The minimum absolute atomic E-state index is 0.165. The lowest BCUT2D eigenvalue weighted by molar-refractivity contribution is 0.0269. The summed E-state index contributed by atoms with van der Waals surface area (Å²) in [6, 6.07) is 0. The van der Waals surface area contributed by atoms with E-state index in [4.69, 9.17) is 4.74 Å². The number of halogens is 1. The summed E-state index contributed by atoms with van der Waals surface area (Å²) in [5.74, 6) is 1.97. The molecule has 3 atom stereocenters. The molecule has 90 valence electrons. The number of carbonyl (C=O) groups excluding carboxylic acids is 1. The van der Waals surface area contributed by atoms with Gasteiger partial charge in [0.1, 0.15) is 5.60 Å². The van der Waals surface area contributed by atoms with Crippen molar-refractivity contribution >= 4 is 22.0 Å². The molecule has 3 nitrogen and oxygen atoms in total. The van der Waals surface area contributed by atoms with Gasteiger partial charge in [0.25, 0.3) is 0 Å². The lowest BCUT2D eigenvalue weighted by Gasteiger charge is -2.25. The van der Waals surface area contributed by atoms with Crippen LogP contribution in [0.1, 0.15) is 20.8 Å². The van der Waals surface area contributed by atoms with Gasteiger partial charge in [-0.05, 0) is 43.5 Å². The second kappa shape index (κ2) is 4.06. The van der Waals surface area contributed by atoms with Gasteiger partial charge in [-0.2, -0.15) is 0 Å². The molecule has 0 aromatic carbocycles. The molecular weight excluding hydrogens is 270 g/mol. The first-order valence-electron chi connectivity index (χ1n) is 5.67. The average Bonchev–Trinajstić information content (AvgIpc) is 2.60. The van der Waals surface area contributed by atoms with Crippen molar-refractivity contribution in [2.24, 2.45) is 17.8 Å². The quantitative estimate of drug-likeness (QED) is 0.742. The van der Waals surface area contributed by atoms with Gasteiger partial charge in [-0.15, -0.1) is 0 Å². The molecule has 1 heterocycles. The Kier molecular flexibility index (Phi) is 3.03. The molecule has 0 N–H and O–H groups in total. The van der Waals surface area contributed by atoms with Gasteiger partial charge >= 0.3 is 6.09 Å². The van der Waals surface area contributed by atoms with Crippen molar-refractivity contribution in [1.29, 1.82) is 0 Å². The Morgan fingerprint density at radius 2 is 1.94 bits per heavy atom. The molecule has 1 saturated carbocycles. The fraction of sp³-hybridized carbons (Fsp3) is 0.750. The van der Waals surface area contributed by atoms with Gasteiger partial charge in [-0.1, -0.05) is 22.0 Å². The molecule has 4 heteroatoms. The van der Waals surface area contributed by atoms with E-state index >= 15 is 0 Å². The van der Waals surface area contributed by atoms with Crippen LogP contribution < -0.4 is 0 Å². The van der Waals surface area contributed by atoms with Crippen LogP contribution in [0.2, 0.25) is 0 Å². The summed E-state index contributed by atoms with van der Waals surface area (Å²) in [4.78, 5) is 15.5. The summed E-state index contributed by atoms with van der Waals surface area (Å²) in [7, 11) is 0. The van der Waals surface area contributed by atoms with Crippen molar-refractivity contribution in [3.05, 3.63) is 11.1 Å². The van der Waals surface area contributed by atoms with E-state index in [0.717, 1.165) is 13.1 Å². The van der Waals surface area contributed by atoms with Crippen LogP contribution in [0.15, 0.2) is 11.1 Å². The highest BCUT2D eigenvalue weighted by atomic mass is 79.9. The molecule has 1 aliphatic carbocycles. The first-order chi connectivity index (χ1) is 7.42. The highest BCUT2D eigenvalue weighted by Gasteiger charge is 2.55. The fourth-order valence-corrected chi connectivity index (χ4v) is 2.77. The number of amides is 1. The number of nitrogens with zero attached hydrogens (tertiary/aromatic N) is 1. The summed E-state index contributed by atoms with van der Waals surface area (Å²) >= 11 is 3.30. The molecule has 0 radical (unpaired) electrons. The highest BCUT2D eigenvalue weighted by molar-refractivity contribution is 9.11. The van der Waals surface area contributed by atoms with E-state index in [9.17, 15) is 4.79 Å². The zero-order valence-electron chi connectivity index (χ0n) is 9.94. The minimum atomic E-state index is -0.390. The Bertz CT molecular complexity index is 309. The molecule has 0 bridgehead atoms. The second-order valence-electron chi connectivity index (χ2n) is 5.61. The van der Waals surface area contributed by atoms with E-state index < -0.39 is 0 Å². The third kappa shape index (κ3) is 2.42. The number of rotatable bonds is 1. The van der Waals surface area contributed by atoms with E-state index in [-0.39, 0.29) is 11.7 Å². The molecule has 0 aromatic rings. The van der Waals surface area contributed by atoms with Gasteiger partial charge in [0.2, 0.25) is 0 Å². The monoisotopic (exact) mass is 287 g/mol. The van der Waals surface area contributed by atoms with E-state index in [2.05, 4.69) is 22.0 Å². The van der Waals surface area contributed by atoms with Crippen molar-refractivity contribution < 1.29 is 9.53 Å². The first-order valence-corrected chi connectivity index (χ1v) is 6.59. The maximum atomic E-state index is 11.8. The van der Waals surface area contributed by atoms with Crippen LogP contribution in [0.25, 0.3) is 0 Å². The largest absolute Gasteiger partial charge is 0.444 e. The molecule has 2 rings (SSSR count). The van der Waals surface area contributed by atoms with Crippen molar-refractivity contribution in [3.63, 3.8) is 0 Å². The predicted octanol–water partition coefficient (Wildman–Crippen LogP) is 3.01. The zero-order valence-corrected chi connectivity index (χ0v) is 11.5. The number of carbonyl (C=O) groups is 1. The van der Waals surface area contributed by atoms with Gasteiger partial charge in [-0.3, -0.25) is 0 Å². The average molecular weight is 288 g/mol. The number of hydrogen-bond donors (Lipinski definition) is 0. The van der Waals surface area contributed by atoms with Crippen LogP contribution in [0, 0.1) is 17.8 Å². The maximum Gasteiger partial charge on any atom is 0.410 e. The lowest BCUT2D eigenvalue weighted by atomic mass is 10.2. The summed E-state index contributed by atoms with van der Waals surface area (Å²) in [6.07, 6.45) is 2.02. The van der Waals surface area contributed by atoms with Crippen LogP contribution >= 0.6 is 15.9 Å².